The molecule has 33 heavy (non-hydrogen) atoms. The van der Waals surface area contributed by atoms with Crippen LogP contribution in [0.5, 0.6) is 0 Å². The third kappa shape index (κ3) is 5.74. The van der Waals surface area contributed by atoms with E-state index in [1.807, 2.05) is 0 Å². The molecule has 2 atom stereocenters. The zero-order valence-corrected chi connectivity index (χ0v) is 19.0. The number of hydrogen-bond donors (Lipinski definition) is 1. The molecule has 178 valence electrons. The first-order valence-electron chi connectivity index (χ1n) is 11.3. The predicted molar refractivity (Wildman–Crippen MR) is 121 cm³/mol. The molecular weight excluding hydrogens is 428 g/mol. The second-order valence-electron chi connectivity index (χ2n) is 8.87. The van der Waals surface area contributed by atoms with Crippen molar-refractivity contribution in [1.29, 1.82) is 0 Å². The number of carbonyl (C=O) groups is 3. The highest BCUT2D eigenvalue weighted by Gasteiger charge is 2.42. The second-order valence-corrected chi connectivity index (χ2v) is 8.87. The van der Waals surface area contributed by atoms with Gasteiger partial charge < -0.3 is 14.9 Å². The van der Waals surface area contributed by atoms with Gasteiger partial charge in [-0.05, 0) is 37.7 Å². The van der Waals surface area contributed by atoms with Crippen LogP contribution >= 0.6 is 0 Å². The van der Waals surface area contributed by atoms with Crippen molar-refractivity contribution < 1.29 is 24.4 Å². The summed E-state index contributed by atoms with van der Waals surface area (Å²) < 4.78 is 0. The first-order chi connectivity index (χ1) is 15.7. The van der Waals surface area contributed by atoms with Gasteiger partial charge in [-0.15, -0.1) is 0 Å². The summed E-state index contributed by atoms with van der Waals surface area (Å²) in [5.41, 5.74) is 0.343. The van der Waals surface area contributed by atoms with E-state index in [0.29, 0.717) is 30.9 Å². The predicted octanol–water partition coefficient (Wildman–Crippen LogP) is 3.66. The molecule has 3 amide bonds. The molecule has 0 bridgehead atoms. The van der Waals surface area contributed by atoms with E-state index in [-0.39, 0.29) is 23.9 Å². The molecule has 10 nitrogen and oxygen atoms in total. The second kappa shape index (κ2) is 10.5. The molecule has 1 saturated carbocycles. The summed E-state index contributed by atoms with van der Waals surface area (Å²) in [6.45, 7) is 2.07. The smallest absolute Gasteiger partial charge is 0.344 e. The monoisotopic (exact) mass is 458 g/mol. The lowest BCUT2D eigenvalue weighted by atomic mass is 9.86. The number of benzene rings is 1. The minimum absolute atomic E-state index is 0.0689. The fourth-order valence-electron chi connectivity index (χ4n) is 4.78. The number of amides is 3. The quantitative estimate of drug-likeness (QED) is 0.443. The number of carboxylic acid groups (broad SMARTS) is 1. The van der Waals surface area contributed by atoms with Crippen LogP contribution in [0.4, 0.5) is 10.5 Å². The van der Waals surface area contributed by atoms with Crippen LogP contribution in [0.25, 0.3) is 0 Å². The molecule has 2 unspecified atom stereocenters. The first kappa shape index (κ1) is 24.3. The summed E-state index contributed by atoms with van der Waals surface area (Å²) in [5, 5.41) is 21.1. The first-order valence-corrected chi connectivity index (χ1v) is 11.3. The molecule has 0 radical (unpaired) electrons. The van der Waals surface area contributed by atoms with Crippen LogP contribution in [0.3, 0.4) is 0 Å². The van der Waals surface area contributed by atoms with Gasteiger partial charge >= 0.3 is 12.0 Å². The number of hydrogen-bond acceptors (Lipinski definition) is 5. The van der Waals surface area contributed by atoms with Crippen molar-refractivity contribution in [2.24, 2.45) is 16.8 Å². The lowest BCUT2D eigenvalue weighted by Crippen LogP contribution is -2.47. The van der Waals surface area contributed by atoms with Crippen molar-refractivity contribution in [3.8, 4) is 0 Å². The van der Waals surface area contributed by atoms with Gasteiger partial charge in [0.1, 0.15) is 5.92 Å². The lowest BCUT2D eigenvalue weighted by Gasteiger charge is -2.38. The maximum atomic E-state index is 12.7. The van der Waals surface area contributed by atoms with Crippen molar-refractivity contribution >= 4 is 29.3 Å². The summed E-state index contributed by atoms with van der Waals surface area (Å²) in [7, 11) is 1.73. The normalized spacial score (nSPS) is 21.1. The molecule has 1 N–H and O–H groups in total. The summed E-state index contributed by atoms with van der Waals surface area (Å²) in [4.78, 5) is 54.9. The van der Waals surface area contributed by atoms with Crippen LogP contribution in [-0.4, -0.2) is 63.6 Å². The molecule has 1 aliphatic carbocycles. The molecule has 0 saturated heterocycles. The molecule has 1 heterocycles. The van der Waals surface area contributed by atoms with Gasteiger partial charge in [0.2, 0.25) is 5.91 Å². The van der Waals surface area contributed by atoms with E-state index in [1.54, 1.807) is 18.0 Å². The Labute approximate surface area is 192 Å². The topological polar surface area (TPSA) is 133 Å². The number of non-ortho nitro benzene ring substituents is 1. The van der Waals surface area contributed by atoms with E-state index in [9.17, 15) is 29.6 Å². The standard InChI is InChI=1S/C23H30N4O6/c1-15-20(22(29)30)21(17-9-5-10-18(14-17)27(32)33)26(23(31)24-15)12-6-11-25(2)19(28)13-16-7-3-4-8-16/h5,9-10,14,16,20-21H,3-4,6-8,11-13H2,1-2H3,(H,29,30). The van der Waals surface area contributed by atoms with Gasteiger partial charge in [-0.25, -0.2) is 9.79 Å². The van der Waals surface area contributed by atoms with E-state index in [2.05, 4.69) is 4.99 Å². The molecule has 0 aromatic heterocycles. The average molecular weight is 459 g/mol. The number of rotatable bonds is 9. The van der Waals surface area contributed by atoms with E-state index in [1.165, 1.54) is 42.9 Å². The van der Waals surface area contributed by atoms with Crippen LogP contribution in [0, 0.1) is 22.0 Å². The fourth-order valence-corrected chi connectivity index (χ4v) is 4.78. The zero-order chi connectivity index (χ0) is 24.1. The molecule has 1 aromatic carbocycles. The number of aliphatic imine (C=N–C) groups is 1. The molecule has 10 heteroatoms. The number of urea groups is 1. The molecule has 3 rings (SSSR count). The number of carbonyl (C=O) groups excluding carboxylic acids is 2. The SMILES string of the molecule is CC1=NC(=O)N(CCCN(C)C(=O)CC2CCCC2)C(c2cccc([N+](=O)[O-])c2)C1C(=O)O. The van der Waals surface area contributed by atoms with E-state index >= 15 is 0 Å². The number of nitro benzene ring substituents is 1. The summed E-state index contributed by atoms with van der Waals surface area (Å²) in [5.74, 6) is -1.77. The molecular formula is C23H30N4O6. The Hall–Kier alpha value is -3.30. The Morgan fingerprint density at radius 3 is 2.64 bits per heavy atom. The molecule has 1 aliphatic heterocycles. The maximum Gasteiger partial charge on any atom is 0.344 e. The van der Waals surface area contributed by atoms with Gasteiger partial charge in [-0.1, -0.05) is 25.0 Å². The third-order valence-corrected chi connectivity index (χ3v) is 6.56. The Kier molecular flexibility index (Phi) is 7.78. The highest BCUT2D eigenvalue weighted by atomic mass is 16.6. The largest absolute Gasteiger partial charge is 0.481 e. The van der Waals surface area contributed by atoms with Crippen LogP contribution < -0.4 is 0 Å². The third-order valence-electron chi connectivity index (χ3n) is 6.56. The Morgan fingerprint density at radius 2 is 2.00 bits per heavy atom. The summed E-state index contributed by atoms with van der Waals surface area (Å²) >= 11 is 0. The van der Waals surface area contributed by atoms with E-state index in [0.717, 1.165) is 12.8 Å². The Balaban J connectivity index is 1.75. The highest BCUT2D eigenvalue weighted by molar-refractivity contribution is 6.07. The highest BCUT2D eigenvalue weighted by Crippen LogP contribution is 2.36. The minimum atomic E-state index is -1.16. The van der Waals surface area contributed by atoms with Crippen LogP contribution in [-0.2, 0) is 9.59 Å². The Bertz CT molecular complexity index is 956. The molecule has 1 fully saturated rings. The van der Waals surface area contributed by atoms with Gasteiger partial charge in [0.15, 0.2) is 0 Å². The van der Waals surface area contributed by atoms with Crippen LogP contribution in [0.1, 0.15) is 57.1 Å². The number of aliphatic carboxylic acids is 1. The van der Waals surface area contributed by atoms with Crippen molar-refractivity contribution in [2.45, 2.75) is 51.5 Å². The maximum absolute atomic E-state index is 12.7. The molecule has 0 spiro atoms. The summed E-state index contributed by atoms with van der Waals surface area (Å²) in [6.07, 6.45) is 5.47. The van der Waals surface area contributed by atoms with Crippen LogP contribution in [0.2, 0.25) is 0 Å². The molecule has 2 aliphatic rings. The van der Waals surface area contributed by atoms with Gasteiger partial charge in [-0.2, -0.15) is 0 Å². The van der Waals surface area contributed by atoms with E-state index in [4.69, 9.17) is 0 Å². The van der Waals surface area contributed by atoms with Gasteiger partial charge in [0, 0.05) is 44.4 Å². The van der Waals surface area contributed by atoms with Crippen molar-refractivity contribution in [3.63, 3.8) is 0 Å². The zero-order valence-electron chi connectivity index (χ0n) is 19.0. The summed E-state index contributed by atoms with van der Waals surface area (Å²) in [6, 6.07) is 4.18. The minimum Gasteiger partial charge on any atom is -0.481 e. The number of nitrogens with zero attached hydrogens (tertiary/aromatic N) is 4. The van der Waals surface area contributed by atoms with Gasteiger partial charge in [0.25, 0.3) is 5.69 Å². The van der Waals surface area contributed by atoms with Crippen molar-refractivity contribution in [2.75, 3.05) is 20.1 Å². The van der Waals surface area contributed by atoms with Crippen molar-refractivity contribution in [3.05, 3.63) is 39.9 Å². The van der Waals surface area contributed by atoms with Gasteiger partial charge in [-0.3, -0.25) is 19.7 Å². The fraction of sp³-hybridized carbons (Fsp3) is 0.565. The Morgan fingerprint density at radius 1 is 1.30 bits per heavy atom. The van der Waals surface area contributed by atoms with Crippen LogP contribution in [0.15, 0.2) is 29.3 Å². The number of carboxylic acids is 1. The average Bonchev–Trinajstić information content (AvgIpc) is 3.27. The van der Waals surface area contributed by atoms with Gasteiger partial charge in [0.05, 0.1) is 11.0 Å². The molecule has 1 aromatic rings. The van der Waals surface area contributed by atoms with E-state index < -0.39 is 28.9 Å². The number of nitro groups is 1. The van der Waals surface area contributed by atoms with Crippen molar-refractivity contribution in [1.82, 2.24) is 9.80 Å². The lowest BCUT2D eigenvalue weighted by molar-refractivity contribution is -0.385.